The number of nitrogens with zero attached hydrogens (tertiary/aromatic N) is 2. The van der Waals surface area contributed by atoms with Gasteiger partial charge in [-0.25, -0.2) is 0 Å². The second kappa shape index (κ2) is 6.02. The quantitative estimate of drug-likeness (QED) is 0.366. The van der Waals surface area contributed by atoms with Crippen molar-refractivity contribution in [3.63, 3.8) is 0 Å². The molecule has 0 spiro atoms. The molecule has 102 valence electrons. The smallest absolute Gasteiger partial charge is 0.331 e. The minimum atomic E-state index is -0.511. The van der Waals surface area contributed by atoms with Crippen molar-refractivity contribution in [2.75, 3.05) is 6.61 Å². The summed E-state index contributed by atoms with van der Waals surface area (Å²) in [6, 6.07) is 2.70. The molecular weight excluding hydrogens is 268 g/mol. The van der Waals surface area contributed by atoms with Gasteiger partial charge in [-0.15, -0.1) is 0 Å². The van der Waals surface area contributed by atoms with Gasteiger partial charge in [0.25, 0.3) is 5.88 Å². The maximum absolute atomic E-state index is 10.9. The summed E-state index contributed by atoms with van der Waals surface area (Å²) in [5.41, 5.74) is -0.150. The van der Waals surface area contributed by atoms with E-state index in [4.69, 9.17) is 16.3 Å². The molecule has 5 nitrogen and oxygen atoms in total. The molecular formula is C13H15ClN2O3. The van der Waals surface area contributed by atoms with Gasteiger partial charge in [0, 0.05) is 6.07 Å². The summed E-state index contributed by atoms with van der Waals surface area (Å²) in [6.45, 7) is 2.57. The zero-order valence-corrected chi connectivity index (χ0v) is 11.3. The van der Waals surface area contributed by atoms with Crippen molar-refractivity contribution in [2.45, 2.75) is 19.8 Å². The van der Waals surface area contributed by atoms with Crippen LogP contribution in [-0.4, -0.2) is 16.5 Å². The van der Waals surface area contributed by atoms with Crippen LogP contribution in [0.15, 0.2) is 24.3 Å². The molecule has 6 heteroatoms. The summed E-state index contributed by atoms with van der Waals surface area (Å²) >= 11 is 5.75. The number of rotatable bonds is 4. The average Bonchev–Trinajstić information content (AvgIpc) is 2.37. The lowest BCUT2D eigenvalue weighted by atomic mass is 9.85. The van der Waals surface area contributed by atoms with Crippen molar-refractivity contribution in [3.8, 4) is 5.88 Å². The highest BCUT2D eigenvalue weighted by molar-refractivity contribution is 6.29. The molecule has 0 bridgehead atoms. The number of hydrogen-bond donors (Lipinski definition) is 0. The van der Waals surface area contributed by atoms with E-state index < -0.39 is 4.92 Å². The number of pyridine rings is 1. The van der Waals surface area contributed by atoms with Gasteiger partial charge in [-0.3, -0.25) is 10.1 Å². The molecule has 0 aromatic carbocycles. The van der Waals surface area contributed by atoms with Crippen LogP contribution in [0.2, 0.25) is 5.15 Å². The van der Waals surface area contributed by atoms with Gasteiger partial charge in [0.15, 0.2) is 0 Å². The molecule has 1 aliphatic carbocycles. The number of hydrogen-bond acceptors (Lipinski definition) is 4. The van der Waals surface area contributed by atoms with Gasteiger partial charge in [0.1, 0.15) is 5.15 Å². The van der Waals surface area contributed by atoms with Crippen LogP contribution >= 0.6 is 11.6 Å². The van der Waals surface area contributed by atoms with Gasteiger partial charge in [-0.2, -0.15) is 4.98 Å². The van der Waals surface area contributed by atoms with Gasteiger partial charge < -0.3 is 4.74 Å². The monoisotopic (exact) mass is 282 g/mol. The third kappa shape index (κ3) is 3.44. The topological polar surface area (TPSA) is 65.3 Å². The van der Waals surface area contributed by atoms with Gasteiger partial charge in [0.05, 0.1) is 11.5 Å². The number of halogens is 1. The molecule has 0 radical (unpaired) electrons. The van der Waals surface area contributed by atoms with E-state index in [0.29, 0.717) is 18.4 Å². The third-order valence-electron chi connectivity index (χ3n) is 3.36. The standard InChI is InChI=1S/C13H15ClN2O3/c1-9-4-2-3-5-10(9)8-19-13-11(16(17)18)6-7-12(14)15-13/h2-3,6-7,9-10H,4-5,8H2,1H3. The summed E-state index contributed by atoms with van der Waals surface area (Å²) < 4.78 is 5.52. The predicted octanol–water partition coefficient (Wildman–Crippen LogP) is 3.62. The van der Waals surface area contributed by atoms with E-state index in [9.17, 15) is 10.1 Å². The SMILES string of the molecule is CC1CC=CCC1COc1nc(Cl)ccc1[N+](=O)[O-]. The molecule has 0 fully saturated rings. The van der Waals surface area contributed by atoms with Crippen molar-refractivity contribution in [2.24, 2.45) is 11.8 Å². The lowest BCUT2D eigenvalue weighted by Gasteiger charge is -2.24. The van der Waals surface area contributed by atoms with Gasteiger partial charge in [0.2, 0.25) is 0 Å². The molecule has 2 atom stereocenters. The molecule has 2 unspecified atom stereocenters. The first-order valence-corrected chi connectivity index (χ1v) is 6.54. The Balaban J connectivity index is 2.08. The Kier molecular flexibility index (Phi) is 4.37. The summed E-state index contributed by atoms with van der Waals surface area (Å²) in [6.07, 6.45) is 6.21. The predicted molar refractivity (Wildman–Crippen MR) is 72.4 cm³/mol. The Hall–Kier alpha value is -1.62. The molecule has 1 heterocycles. The molecule has 1 aromatic heterocycles. The van der Waals surface area contributed by atoms with Gasteiger partial charge >= 0.3 is 5.69 Å². The molecule has 0 N–H and O–H groups in total. The average molecular weight is 283 g/mol. The number of nitro groups is 1. The fraction of sp³-hybridized carbons (Fsp3) is 0.462. The maximum atomic E-state index is 10.9. The Morgan fingerprint density at radius 3 is 2.89 bits per heavy atom. The number of allylic oxidation sites excluding steroid dienone is 2. The summed E-state index contributed by atoms with van der Waals surface area (Å²) in [5, 5.41) is 11.1. The normalized spacial score (nSPS) is 22.2. The summed E-state index contributed by atoms with van der Waals surface area (Å²) in [7, 11) is 0. The van der Waals surface area contributed by atoms with E-state index in [2.05, 4.69) is 24.1 Å². The second-order valence-corrected chi connectivity index (χ2v) is 5.09. The first-order valence-electron chi connectivity index (χ1n) is 6.16. The van der Waals surface area contributed by atoms with Crippen molar-refractivity contribution >= 4 is 17.3 Å². The zero-order valence-electron chi connectivity index (χ0n) is 10.6. The molecule has 0 aliphatic heterocycles. The molecule has 0 amide bonds. The summed E-state index contributed by atoms with van der Waals surface area (Å²) in [4.78, 5) is 14.3. The Morgan fingerprint density at radius 2 is 2.21 bits per heavy atom. The fourth-order valence-corrected chi connectivity index (χ4v) is 2.22. The van der Waals surface area contributed by atoms with Gasteiger partial charge in [-0.1, -0.05) is 30.7 Å². The van der Waals surface area contributed by atoms with E-state index in [0.717, 1.165) is 12.8 Å². The number of aromatic nitrogens is 1. The number of ether oxygens (including phenoxy) is 1. The van der Waals surface area contributed by atoms with Crippen LogP contribution in [0.3, 0.4) is 0 Å². The highest BCUT2D eigenvalue weighted by Crippen LogP contribution is 2.29. The maximum Gasteiger partial charge on any atom is 0.331 e. The highest BCUT2D eigenvalue weighted by Gasteiger charge is 2.22. The second-order valence-electron chi connectivity index (χ2n) is 4.71. The van der Waals surface area contributed by atoms with Crippen molar-refractivity contribution in [1.82, 2.24) is 4.98 Å². The molecule has 2 rings (SSSR count). The van der Waals surface area contributed by atoms with Crippen LogP contribution in [-0.2, 0) is 0 Å². The van der Waals surface area contributed by atoms with E-state index in [1.54, 1.807) is 0 Å². The first-order chi connectivity index (χ1) is 9.08. The molecule has 1 aromatic rings. The van der Waals surface area contributed by atoms with Crippen LogP contribution in [0.25, 0.3) is 0 Å². The van der Waals surface area contributed by atoms with Crippen molar-refractivity contribution in [1.29, 1.82) is 0 Å². The van der Waals surface area contributed by atoms with E-state index in [1.165, 1.54) is 12.1 Å². The Morgan fingerprint density at radius 1 is 1.47 bits per heavy atom. The lowest BCUT2D eigenvalue weighted by molar-refractivity contribution is -0.386. The fourth-order valence-electron chi connectivity index (χ4n) is 2.08. The third-order valence-corrected chi connectivity index (χ3v) is 3.57. The molecule has 0 saturated heterocycles. The van der Waals surface area contributed by atoms with Crippen LogP contribution in [0.1, 0.15) is 19.8 Å². The van der Waals surface area contributed by atoms with Gasteiger partial charge in [-0.05, 0) is 30.7 Å². The highest BCUT2D eigenvalue weighted by atomic mass is 35.5. The lowest BCUT2D eigenvalue weighted by Crippen LogP contribution is -2.21. The molecule has 0 saturated carbocycles. The molecule has 1 aliphatic rings. The minimum Gasteiger partial charge on any atom is -0.472 e. The van der Waals surface area contributed by atoms with E-state index in [-0.39, 0.29) is 16.7 Å². The van der Waals surface area contributed by atoms with Crippen LogP contribution in [0.4, 0.5) is 5.69 Å². The van der Waals surface area contributed by atoms with E-state index in [1.807, 2.05) is 0 Å². The molecule has 19 heavy (non-hydrogen) atoms. The van der Waals surface area contributed by atoms with Crippen LogP contribution in [0.5, 0.6) is 5.88 Å². The van der Waals surface area contributed by atoms with E-state index >= 15 is 0 Å². The van der Waals surface area contributed by atoms with Crippen LogP contribution < -0.4 is 4.74 Å². The zero-order chi connectivity index (χ0) is 13.8. The Bertz CT molecular complexity index is 505. The van der Waals surface area contributed by atoms with Crippen molar-refractivity contribution < 1.29 is 9.66 Å². The van der Waals surface area contributed by atoms with Crippen LogP contribution in [0, 0.1) is 22.0 Å². The first kappa shape index (κ1) is 13.8. The summed E-state index contributed by atoms with van der Waals surface area (Å²) in [5.74, 6) is 0.855. The Labute approximate surface area is 116 Å². The van der Waals surface area contributed by atoms with Crippen molar-refractivity contribution in [3.05, 3.63) is 39.6 Å². The minimum absolute atomic E-state index is 0.000692. The largest absolute Gasteiger partial charge is 0.472 e.